The van der Waals surface area contributed by atoms with Gasteiger partial charge in [-0.2, -0.15) is 21.6 Å². The van der Waals surface area contributed by atoms with Crippen LogP contribution in [0.4, 0.5) is 18.9 Å². The number of furan rings is 1. The third-order valence-corrected chi connectivity index (χ3v) is 5.70. The summed E-state index contributed by atoms with van der Waals surface area (Å²) in [6, 6.07) is 10.2. The van der Waals surface area contributed by atoms with Crippen molar-refractivity contribution < 1.29 is 30.5 Å². The van der Waals surface area contributed by atoms with Crippen molar-refractivity contribution in [1.29, 1.82) is 0 Å². The van der Waals surface area contributed by atoms with Crippen LogP contribution in [0.5, 0.6) is 0 Å². The van der Waals surface area contributed by atoms with Crippen molar-refractivity contribution in [3.05, 3.63) is 53.8 Å². The van der Waals surface area contributed by atoms with Gasteiger partial charge in [0.05, 0.1) is 5.69 Å². The van der Waals surface area contributed by atoms with Crippen molar-refractivity contribution in [2.45, 2.75) is 17.7 Å². The van der Waals surface area contributed by atoms with Gasteiger partial charge in [0, 0.05) is 12.6 Å². The van der Waals surface area contributed by atoms with Gasteiger partial charge in [0.2, 0.25) is 10.9 Å². The molecule has 0 fully saturated rings. The lowest BCUT2D eigenvalue weighted by Crippen LogP contribution is -2.28. The summed E-state index contributed by atoms with van der Waals surface area (Å²) in [6.07, 6.45) is -4.12. The summed E-state index contributed by atoms with van der Waals surface area (Å²) in [5.74, 6) is -1.42. The van der Waals surface area contributed by atoms with Gasteiger partial charge in [0.15, 0.2) is 5.76 Å². The van der Waals surface area contributed by atoms with Crippen LogP contribution in [-0.2, 0) is 22.6 Å². The Morgan fingerprint density at radius 1 is 1.12 bits per heavy atom. The van der Waals surface area contributed by atoms with Gasteiger partial charge >= 0.3 is 6.18 Å². The third-order valence-electron chi connectivity index (χ3n) is 4.01. The average molecular weight is 384 g/mol. The second-order valence-corrected chi connectivity index (χ2v) is 7.44. The molecule has 0 radical (unpaired) electrons. The lowest BCUT2D eigenvalue weighted by atomic mass is 10.2. The molecule has 3 heterocycles. The van der Waals surface area contributed by atoms with E-state index < -0.39 is 22.0 Å². The number of aromatic nitrogens is 1. The Balaban J connectivity index is 1.67. The minimum Gasteiger partial charge on any atom is -0.441 e. The summed E-state index contributed by atoms with van der Waals surface area (Å²) in [5, 5.41) is 2.91. The van der Waals surface area contributed by atoms with Crippen molar-refractivity contribution in [1.82, 2.24) is 5.16 Å². The first-order chi connectivity index (χ1) is 12.3. The highest BCUT2D eigenvalue weighted by molar-refractivity contribution is 7.92. The molecule has 0 amide bonds. The summed E-state index contributed by atoms with van der Waals surface area (Å²) >= 11 is 0. The number of alkyl halides is 3. The van der Waals surface area contributed by atoms with E-state index in [9.17, 15) is 21.6 Å². The van der Waals surface area contributed by atoms with E-state index in [1.165, 1.54) is 16.4 Å². The van der Waals surface area contributed by atoms with E-state index in [0.717, 1.165) is 5.56 Å². The van der Waals surface area contributed by atoms with E-state index in [1.54, 1.807) is 12.1 Å². The molecule has 0 saturated carbocycles. The normalized spacial score (nSPS) is 14.7. The van der Waals surface area contributed by atoms with Gasteiger partial charge < -0.3 is 8.94 Å². The number of rotatable bonds is 3. The molecule has 10 heteroatoms. The van der Waals surface area contributed by atoms with E-state index in [-0.39, 0.29) is 23.1 Å². The number of halogens is 3. The second kappa shape index (κ2) is 5.63. The first-order valence-electron chi connectivity index (χ1n) is 7.51. The predicted octanol–water partition coefficient (Wildman–Crippen LogP) is 3.70. The van der Waals surface area contributed by atoms with Gasteiger partial charge in [-0.3, -0.25) is 4.31 Å². The maximum atomic E-state index is 12.8. The maximum Gasteiger partial charge on any atom is 0.452 e. The number of hydrogen-bond acceptors (Lipinski definition) is 5. The Morgan fingerprint density at radius 2 is 1.88 bits per heavy atom. The fraction of sp³-hybridized carbons (Fsp3) is 0.188. The quantitative estimate of drug-likeness (QED) is 0.688. The summed E-state index contributed by atoms with van der Waals surface area (Å²) in [4.78, 5) is 0. The van der Waals surface area contributed by atoms with Crippen LogP contribution in [0.15, 0.2) is 56.5 Å². The van der Waals surface area contributed by atoms with Crippen LogP contribution >= 0.6 is 0 Å². The maximum absolute atomic E-state index is 12.8. The second-order valence-electron chi connectivity index (χ2n) is 5.65. The summed E-state index contributed by atoms with van der Waals surface area (Å²) < 4.78 is 74.1. The van der Waals surface area contributed by atoms with Crippen LogP contribution in [0.2, 0.25) is 0 Å². The molecule has 0 bridgehead atoms. The van der Waals surface area contributed by atoms with Gasteiger partial charge in [-0.05, 0) is 30.2 Å². The molecule has 0 saturated heterocycles. The molecule has 1 aliphatic rings. The number of hydrogen-bond donors (Lipinski definition) is 0. The molecule has 2 aromatic heterocycles. The Kier molecular flexibility index (Phi) is 3.62. The number of benzene rings is 1. The average Bonchev–Trinajstić information content (AvgIpc) is 3.31. The van der Waals surface area contributed by atoms with E-state index in [1.807, 2.05) is 12.1 Å². The topological polar surface area (TPSA) is 76.5 Å². The van der Waals surface area contributed by atoms with Crippen LogP contribution in [0.25, 0.3) is 11.5 Å². The molecule has 0 unspecified atom stereocenters. The van der Waals surface area contributed by atoms with Gasteiger partial charge in [-0.25, -0.2) is 0 Å². The zero-order chi connectivity index (χ0) is 18.5. The summed E-state index contributed by atoms with van der Waals surface area (Å²) in [6.45, 7) is 0.264. The standard InChI is InChI=1S/C16H11F3N2O4S/c17-16(18,19)14-9-11(20-25-14)13-5-6-15(24-13)26(22,23)21-8-7-10-3-1-2-4-12(10)21/h1-6,9H,7-8H2. The lowest BCUT2D eigenvalue weighted by Gasteiger charge is -2.17. The van der Waals surface area contributed by atoms with Crippen LogP contribution < -0.4 is 4.31 Å². The molecule has 0 spiro atoms. The largest absolute Gasteiger partial charge is 0.452 e. The fourth-order valence-electron chi connectivity index (χ4n) is 2.79. The Morgan fingerprint density at radius 3 is 2.62 bits per heavy atom. The number of para-hydroxylation sites is 1. The van der Waals surface area contributed by atoms with E-state index in [4.69, 9.17) is 4.42 Å². The molecular weight excluding hydrogens is 373 g/mol. The Hall–Kier alpha value is -2.75. The van der Waals surface area contributed by atoms with E-state index >= 15 is 0 Å². The van der Waals surface area contributed by atoms with Crippen LogP contribution in [0.3, 0.4) is 0 Å². The third kappa shape index (κ3) is 2.66. The highest BCUT2D eigenvalue weighted by atomic mass is 32.2. The van der Waals surface area contributed by atoms with Crippen molar-refractivity contribution in [2.75, 3.05) is 10.8 Å². The Labute approximate surface area is 145 Å². The first-order valence-corrected chi connectivity index (χ1v) is 8.95. The van der Waals surface area contributed by atoms with Crippen molar-refractivity contribution >= 4 is 15.7 Å². The molecule has 6 nitrogen and oxygen atoms in total. The van der Waals surface area contributed by atoms with Gasteiger partial charge in [-0.1, -0.05) is 23.4 Å². The van der Waals surface area contributed by atoms with Gasteiger partial charge in [0.25, 0.3) is 10.0 Å². The van der Waals surface area contributed by atoms with E-state index in [0.29, 0.717) is 18.2 Å². The number of sulfonamides is 1. The molecule has 1 aromatic carbocycles. The number of fused-ring (bicyclic) bond motifs is 1. The highest BCUT2D eigenvalue weighted by Gasteiger charge is 2.37. The molecular formula is C16H11F3N2O4S. The van der Waals surface area contributed by atoms with Crippen LogP contribution in [-0.4, -0.2) is 20.1 Å². The molecule has 0 atom stereocenters. The van der Waals surface area contributed by atoms with Crippen LogP contribution in [0, 0.1) is 0 Å². The smallest absolute Gasteiger partial charge is 0.441 e. The molecule has 1 aliphatic heterocycles. The van der Waals surface area contributed by atoms with Crippen molar-refractivity contribution in [3.8, 4) is 11.5 Å². The fourth-order valence-corrected chi connectivity index (χ4v) is 4.21. The van der Waals surface area contributed by atoms with Gasteiger partial charge in [0.1, 0.15) is 5.69 Å². The minimum absolute atomic E-state index is 0.129. The predicted molar refractivity (Wildman–Crippen MR) is 83.9 cm³/mol. The molecule has 0 N–H and O–H groups in total. The monoisotopic (exact) mass is 384 g/mol. The van der Waals surface area contributed by atoms with E-state index in [2.05, 4.69) is 9.68 Å². The molecule has 0 aliphatic carbocycles. The molecule has 3 aromatic rings. The van der Waals surface area contributed by atoms with Crippen molar-refractivity contribution in [3.63, 3.8) is 0 Å². The first kappa shape index (κ1) is 16.7. The zero-order valence-electron chi connectivity index (χ0n) is 13.0. The minimum atomic E-state index is -4.69. The lowest BCUT2D eigenvalue weighted by molar-refractivity contribution is -0.155. The molecule has 136 valence electrons. The zero-order valence-corrected chi connectivity index (χ0v) is 13.8. The van der Waals surface area contributed by atoms with Crippen LogP contribution in [0.1, 0.15) is 11.3 Å². The highest BCUT2D eigenvalue weighted by Crippen LogP contribution is 2.36. The van der Waals surface area contributed by atoms with Gasteiger partial charge in [-0.15, -0.1) is 0 Å². The number of anilines is 1. The Bertz CT molecular complexity index is 1070. The summed E-state index contributed by atoms with van der Waals surface area (Å²) in [7, 11) is -3.97. The van der Waals surface area contributed by atoms with Crippen molar-refractivity contribution in [2.24, 2.45) is 0 Å². The number of nitrogens with zero attached hydrogens (tertiary/aromatic N) is 2. The SMILES string of the molecule is O=S(=O)(c1ccc(-c2cc(C(F)(F)F)on2)o1)N1CCc2ccccc21. The summed E-state index contributed by atoms with van der Waals surface area (Å²) in [5.41, 5.74) is 1.22. The molecule has 4 rings (SSSR count). The molecule has 26 heavy (non-hydrogen) atoms.